The third-order valence-corrected chi connectivity index (χ3v) is 3.80. The Morgan fingerprint density at radius 3 is 2.65 bits per heavy atom. The Labute approximate surface area is 111 Å². The molecule has 1 heterocycles. The minimum atomic E-state index is -0.274. The predicted octanol–water partition coefficient (Wildman–Crippen LogP) is 3.10. The summed E-state index contributed by atoms with van der Waals surface area (Å²) < 4.78 is 0. The second-order valence-electron chi connectivity index (χ2n) is 5.12. The highest BCUT2D eigenvalue weighted by atomic mass is 35.5. The van der Waals surface area contributed by atoms with E-state index in [1.165, 1.54) is 0 Å². The van der Waals surface area contributed by atoms with Crippen LogP contribution in [0, 0.1) is 5.41 Å². The Hall–Kier alpha value is -0.570. The Kier molecular flexibility index (Phi) is 3.48. The average Bonchev–Trinajstić information content (AvgIpc) is 2.49. The van der Waals surface area contributed by atoms with Crippen LogP contribution >= 0.6 is 23.2 Å². The van der Waals surface area contributed by atoms with Crippen molar-refractivity contribution in [1.82, 2.24) is 5.32 Å². The van der Waals surface area contributed by atoms with Gasteiger partial charge in [-0.25, -0.2) is 0 Å². The van der Waals surface area contributed by atoms with Crippen molar-refractivity contribution in [2.75, 3.05) is 6.54 Å². The number of halogens is 2. The van der Waals surface area contributed by atoms with E-state index in [-0.39, 0.29) is 17.2 Å². The first kappa shape index (κ1) is 12.9. The molecule has 0 bridgehead atoms. The minimum absolute atomic E-state index is 0.135. The lowest BCUT2D eigenvalue weighted by Crippen LogP contribution is -2.31. The van der Waals surface area contributed by atoms with E-state index in [4.69, 9.17) is 23.2 Å². The smallest absolute Gasteiger partial charge is 0.156 e. The summed E-state index contributed by atoms with van der Waals surface area (Å²) >= 11 is 11.9. The second kappa shape index (κ2) is 4.60. The van der Waals surface area contributed by atoms with Crippen LogP contribution in [0.25, 0.3) is 0 Å². The number of carbonyl (C=O) groups is 1. The van der Waals surface area contributed by atoms with Crippen LogP contribution in [0.5, 0.6) is 0 Å². The van der Waals surface area contributed by atoms with Crippen molar-refractivity contribution in [3.05, 3.63) is 33.8 Å². The van der Waals surface area contributed by atoms with Gasteiger partial charge >= 0.3 is 0 Å². The van der Waals surface area contributed by atoms with Gasteiger partial charge in [-0.1, -0.05) is 43.1 Å². The van der Waals surface area contributed by atoms with Crippen molar-refractivity contribution in [3.8, 4) is 0 Å². The van der Waals surface area contributed by atoms with Crippen LogP contribution in [0.3, 0.4) is 0 Å². The van der Waals surface area contributed by atoms with Crippen molar-refractivity contribution in [2.24, 2.45) is 5.41 Å². The fourth-order valence-corrected chi connectivity index (χ4v) is 2.59. The third kappa shape index (κ3) is 2.65. The lowest BCUT2D eigenvalue weighted by molar-refractivity contribution is -0.125. The lowest BCUT2D eigenvalue weighted by Gasteiger charge is -2.14. The van der Waals surface area contributed by atoms with E-state index < -0.39 is 0 Å². The molecule has 0 aliphatic carbocycles. The molecule has 1 aromatic rings. The quantitative estimate of drug-likeness (QED) is 0.896. The van der Waals surface area contributed by atoms with Gasteiger partial charge in [-0.3, -0.25) is 4.79 Å². The highest BCUT2D eigenvalue weighted by molar-refractivity contribution is 6.35. The van der Waals surface area contributed by atoms with Crippen molar-refractivity contribution >= 4 is 29.0 Å². The van der Waals surface area contributed by atoms with E-state index in [0.29, 0.717) is 16.5 Å². The molecule has 1 aliphatic heterocycles. The van der Waals surface area contributed by atoms with Crippen molar-refractivity contribution in [2.45, 2.75) is 26.3 Å². The molecule has 1 N–H and O–H groups in total. The Balaban J connectivity index is 2.15. The molecule has 17 heavy (non-hydrogen) atoms. The number of nitrogens with one attached hydrogen (secondary N) is 1. The van der Waals surface area contributed by atoms with Crippen LogP contribution in [-0.2, 0) is 11.2 Å². The maximum absolute atomic E-state index is 12.1. The van der Waals surface area contributed by atoms with E-state index in [1.807, 2.05) is 19.9 Å². The SMILES string of the molecule is CC1(C)CNC(Cc2ccc(Cl)cc2Cl)C1=O. The molecule has 1 aromatic carbocycles. The number of hydrogen-bond acceptors (Lipinski definition) is 2. The molecule has 1 unspecified atom stereocenters. The fourth-order valence-electron chi connectivity index (χ4n) is 2.10. The molecule has 2 rings (SSSR count). The number of rotatable bonds is 2. The van der Waals surface area contributed by atoms with Gasteiger partial charge in [0.25, 0.3) is 0 Å². The molecular formula is C13H15Cl2NO. The average molecular weight is 272 g/mol. The van der Waals surface area contributed by atoms with E-state index in [1.54, 1.807) is 12.1 Å². The maximum Gasteiger partial charge on any atom is 0.156 e. The van der Waals surface area contributed by atoms with Crippen LogP contribution in [0.2, 0.25) is 10.0 Å². The molecule has 4 heteroatoms. The van der Waals surface area contributed by atoms with Crippen molar-refractivity contribution < 1.29 is 4.79 Å². The van der Waals surface area contributed by atoms with Gasteiger partial charge in [-0.2, -0.15) is 0 Å². The molecular weight excluding hydrogens is 257 g/mol. The van der Waals surface area contributed by atoms with E-state index in [2.05, 4.69) is 5.32 Å². The largest absolute Gasteiger partial charge is 0.306 e. The summed E-state index contributed by atoms with van der Waals surface area (Å²) in [5, 5.41) is 4.48. The van der Waals surface area contributed by atoms with Gasteiger partial charge in [-0.05, 0) is 24.1 Å². The molecule has 1 aliphatic rings. The zero-order chi connectivity index (χ0) is 12.6. The topological polar surface area (TPSA) is 29.1 Å². The van der Waals surface area contributed by atoms with Gasteiger partial charge < -0.3 is 5.32 Å². The van der Waals surface area contributed by atoms with E-state index in [0.717, 1.165) is 12.1 Å². The van der Waals surface area contributed by atoms with E-state index in [9.17, 15) is 4.79 Å². The third-order valence-electron chi connectivity index (χ3n) is 3.21. The highest BCUT2D eigenvalue weighted by Crippen LogP contribution is 2.28. The number of ketones is 1. The Morgan fingerprint density at radius 2 is 2.12 bits per heavy atom. The molecule has 1 atom stereocenters. The number of Topliss-reactive ketones (excluding diaryl/α,β-unsaturated/α-hetero) is 1. The van der Waals surface area contributed by atoms with Crippen LogP contribution in [0.1, 0.15) is 19.4 Å². The molecule has 92 valence electrons. The Morgan fingerprint density at radius 1 is 1.41 bits per heavy atom. The first-order chi connectivity index (χ1) is 7.90. The van der Waals surface area contributed by atoms with Gasteiger partial charge in [0.1, 0.15) is 0 Å². The van der Waals surface area contributed by atoms with Crippen molar-refractivity contribution in [1.29, 1.82) is 0 Å². The molecule has 0 amide bonds. The maximum atomic E-state index is 12.1. The zero-order valence-electron chi connectivity index (χ0n) is 9.89. The van der Waals surface area contributed by atoms with E-state index >= 15 is 0 Å². The molecule has 2 nitrogen and oxygen atoms in total. The van der Waals surface area contributed by atoms with Gasteiger partial charge in [0.15, 0.2) is 5.78 Å². The normalized spacial score (nSPS) is 23.1. The van der Waals surface area contributed by atoms with Crippen LogP contribution in [0.4, 0.5) is 0 Å². The monoisotopic (exact) mass is 271 g/mol. The van der Waals surface area contributed by atoms with Crippen LogP contribution < -0.4 is 5.32 Å². The summed E-state index contributed by atoms with van der Waals surface area (Å²) in [7, 11) is 0. The fraction of sp³-hybridized carbons (Fsp3) is 0.462. The van der Waals surface area contributed by atoms with Crippen molar-refractivity contribution in [3.63, 3.8) is 0 Å². The number of carbonyl (C=O) groups excluding carboxylic acids is 1. The number of benzene rings is 1. The van der Waals surface area contributed by atoms with Crippen LogP contribution in [-0.4, -0.2) is 18.4 Å². The lowest BCUT2D eigenvalue weighted by atomic mass is 9.87. The first-order valence-electron chi connectivity index (χ1n) is 5.62. The molecule has 0 radical (unpaired) electrons. The summed E-state index contributed by atoms with van der Waals surface area (Å²) in [6.07, 6.45) is 0.623. The van der Waals surface area contributed by atoms with Gasteiger partial charge in [0.2, 0.25) is 0 Å². The first-order valence-corrected chi connectivity index (χ1v) is 6.37. The molecule has 0 saturated carbocycles. The van der Waals surface area contributed by atoms with Gasteiger partial charge in [0, 0.05) is 22.0 Å². The Bertz CT molecular complexity index is 457. The summed E-state index contributed by atoms with van der Waals surface area (Å²) in [5.41, 5.74) is 0.684. The molecule has 0 spiro atoms. The zero-order valence-corrected chi connectivity index (χ0v) is 11.4. The predicted molar refractivity (Wildman–Crippen MR) is 70.7 cm³/mol. The van der Waals surface area contributed by atoms with Crippen LogP contribution in [0.15, 0.2) is 18.2 Å². The molecule has 1 fully saturated rings. The van der Waals surface area contributed by atoms with Gasteiger partial charge in [-0.15, -0.1) is 0 Å². The summed E-state index contributed by atoms with van der Waals surface area (Å²) in [4.78, 5) is 12.1. The summed E-state index contributed by atoms with van der Waals surface area (Å²) in [6, 6.07) is 5.25. The molecule has 1 saturated heterocycles. The molecule has 0 aromatic heterocycles. The highest BCUT2D eigenvalue weighted by Gasteiger charge is 2.40. The standard InChI is InChI=1S/C13H15Cl2NO/c1-13(2)7-16-11(12(13)17)5-8-3-4-9(14)6-10(8)15/h3-4,6,11,16H,5,7H2,1-2H3. The summed E-state index contributed by atoms with van der Waals surface area (Å²) in [6.45, 7) is 4.65. The summed E-state index contributed by atoms with van der Waals surface area (Å²) in [5.74, 6) is 0.253. The second-order valence-corrected chi connectivity index (χ2v) is 5.97. The minimum Gasteiger partial charge on any atom is -0.306 e. The van der Waals surface area contributed by atoms with Gasteiger partial charge in [0.05, 0.1) is 6.04 Å². The number of hydrogen-bond donors (Lipinski definition) is 1.